The fourth-order valence-electron chi connectivity index (χ4n) is 8.49. The van der Waals surface area contributed by atoms with E-state index in [0.29, 0.717) is 32.1 Å². The summed E-state index contributed by atoms with van der Waals surface area (Å²) in [6, 6.07) is 0. The van der Waals surface area contributed by atoms with Gasteiger partial charge in [-0.1, -0.05) is 6.92 Å². The number of cyclic esters (lactones) is 1. The van der Waals surface area contributed by atoms with E-state index in [1.54, 1.807) is 6.08 Å². The second kappa shape index (κ2) is 7.01. The third kappa shape index (κ3) is 2.68. The van der Waals surface area contributed by atoms with Crippen LogP contribution in [0.2, 0.25) is 0 Å². The van der Waals surface area contributed by atoms with E-state index in [9.17, 15) is 30.0 Å². The van der Waals surface area contributed by atoms with Crippen LogP contribution in [-0.4, -0.2) is 56.3 Å². The van der Waals surface area contributed by atoms with Crippen molar-refractivity contribution < 1.29 is 34.8 Å². The zero-order valence-electron chi connectivity index (χ0n) is 18.2. The summed E-state index contributed by atoms with van der Waals surface area (Å²) >= 11 is 0. The zero-order chi connectivity index (χ0) is 21.5. The number of hydrogen-bond donors (Lipinski definition) is 5. The van der Waals surface area contributed by atoms with Gasteiger partial charge in [-0.25, -0.2) is 4.79 Å². The lowest BCUT2D eigenvalue weighted by atomic mass is 9.41. The van der Waals surface area contributed by atoms with Crippen LogP contribution < -0.4 is 6.15 Å². The van der Waals surface area contributed by atoms with E-state index in [4.69, 9.17) is 4.74 Å². The number of carbonyl (C=O) groups excluding carboxylic acids is 1. The molecule has 8 atom stereocenters. The first-order chi connectivity index (χ1) is 14.1. The number of ether oxygens (including phenoxy) is 1. The lowest BCUT2D eigenvalue weighted by Crippen LogP contribution is -2.70. The molecule has 0 amide bonds. The summed E-state index contributed by atoms with van der Waals surface area (Å²) < 4.78 is 5.14. The quantitative estimate of drug-likeness (QED) is 0.410. The minimum Gasteiger partial charge on any atom is -0.481 e. The fourth-order valence-corrected chi connectivity index (χ4v) is 8.49. The molecule has 31 heavy (non-hydrogen) atoms. The predicted octanol–water partition coefficient (Wildman–Crippen LogP) is 1.95. The van der Waals surface area contributed by atoms with Gasteiger partial charge in [0.15, 0.2) is 0 Å². The molecule has 0 aromatic rings. The highest BCUT2D eigenvalue weighted by atomic mass is 16.5. The summed E-state index contributed by atoms with van der Waals surface area (Å²) in [6.45, 7) is 2.36. The molecule has 8 nitrogen and oxygen atoms in total. The van der Waals surface area contributed by atoms with Gasteiger partial charge in [0.1, 0.15) is 6.61 Å². The van der Waals surface area contributed by atoms with E-state index in [2.05, 4.69) is 6.92 Å². The molecule has 7 N–H and O–H groups in total. The maximum absolute atomic E-state index is 12.7. The topological polar surface area (TPSA) is 159 Å². The molecule has 0 bridgehead atoms. The second-order valence-electron chi connectivity index (χ2n) is 10.8. The van der Waals surface area contributed by atoms with Crippen molar-refractivity contribution in [3.63, 3.8) is 0 Å². The van der Waals surface area contributed by atoms with E-state index < -0.39 is 34.1 Å². The Kier molecular flexibility index (Phi) is 5.13. The van der Waals surface area contributed by atoms with Crippen LogP contribution in [0.1, 0.15) is 64.7 Å². The molecule has 5 aliphatic rings. The SMILES string of the molecule is C[C@]12CC[C@H]3[C@@H](CC[C@]4(O)C[C@@H](O)CC[C@]34C(=O)O)[C@@]1(O)CC[C@@H]2C1=CC(=O)OC1.N. The molecule has 0 aromatic carbocycles. The summed E-state index contributed by atoms with van der Waals surface area (Å²) in [5, 5.41) is 44.1. The summed E-state index contributed by atoms with van der Waals surface area (Å²) in [5.74, 6) is -1.82. The molecular formula is C23H35NO7. The Morgan fingerprint density at radius 3 is 2.42 bits per heavy atom. The first-order valence-corrected chi connectivity index (χ1v) is 11.3. The highest BCUT2D eigenvalue weighted by Gasteiger charge is 2.73. The Hall–Kier alpha value is -1.48. The highest BCUT2D eigenvalue weighted by molar-refractivity contribution is 5.85. The summed E-state index contributed by atoms with van der Waals surface area (Å²) in [5.41, 5.74) is -3.30. The monoisotopic (exact) mass is 437 g/mol. The minimum absolute atomic E-state index is 0. The van der Waals surface area contributed by atoms with Gasteiger partial charge in [-0.2, -0.15) is 0 Å². The lowest BCUT2D eigenvalue weighted by molar-refractivity contribution is -0.260. The highest BCUT2D eigenvalue weighted by Crippen LogP contribution is 2.70. The maximum atomic E-state index is 12.7. The molecule has 0 radical (unpaired) electrons. The molecule has 8 heteroatoms. The Morgan fingerprint density at radius 2 is 1.77 bits per heavy atom. The van der Waals surface area contributed by atoms with Crippen molar-refractivity contribution in [2.24, 2.45) is 28.6 Å². The third-order valence-corrected chi connectivity index (χ3v) is 9.94. The van der Waals surface area contributed by atoms with E-state index in [1.807, 2.05) is 0 Å². The van der Waals surface area contributed by atoms with Gasteiger partial charge in [0.25, 0.3) is 0 Å². The van der Waals surface area contributed by atoms with Crippen molar-refractivity contribution in [1.29, 1.82) is 0 Å². The normalized spacial score (nSPS) is 51.0. The largest absolute Gasteiger partial charge is 0.481 e. The molecule has 0 saturated heterocycles. The number of carbonyl (C=O) groups is 2. The molecule has 0 unspecified atom stereocenters. The zero-order valence-corrected chi connectivity index (χ0v) is 18.2. The van der Waals surface area contributed by atoms with E-state index in [0.717, 1.165) is 12.0 Å². The number of aliphatic carboxylic acids is 1. The second-order valence-corrected chi connectivity index (χ2v) is 10.8. The molecule has 174 valence electrons. The van der Waals surface area contributed by atoms with Crippen molar-refractivity contribution in [2.45, 2.75) is 82.0 Å². The number of hydrogen-bond acceptors (Lipinski definition) is 7. The number of fused-ring (bicyclic) bond motifs is 5. The van der Waals surface area contributed by atoms with Gasteiger partial charge < -0.3 is 31.3 Å². The maximum Gasteiger partial charge on any atom is 0.331 e. The van der Waals surface area contributed by atoms with Crippen LogP contribution in [0.5, 0.6) is 0 Å². The van der Waals surface area contributed by atoms with Crippen molar-refractivity contribution in [3.05, 3.63) is 11.6 Å². The van der Waals surface area contributed by atoms with Crippen LogP contribution in [0.25, 0.3) is 0 Å². The molecule has 4 aliphatic carbocycles. The lowest BCUT2D eigenvalue weighted by Gasteiger charge is -2.65. The first-order valence-electron chi connectivity index (χ1n) is 11.3. The van der Waals surface area contributed by atoms with Crippen molar-refractivity contribution in [1.82, 2.24) is 6.15 Å². The molecule has 4 fully saturated rings. The van der Waals surface area contributed by atoms with Gasteiger partial charge in [-0.3, -0.25) is 4.79 Å². The fraction of sp³-hybridized carbons (Fsp3) is 0.826. The van der Waals surface area contributed by atoms with Gasteiger partial charge >= 0.3 is 11.9 Å². The van der Waals surface area contributed by atoms with Crippen LogP contribution >= 0.6 is 0 Å². The van der Waals surface area contributed by atoms with E-state index in [1.165, 1.54) is 0 Å². The van der Waals surface area contributed by atoms with Crippen LogP contribution in [-0.2, 0) is 14.3 Å². The average Bonchev–Trinajstić information content (AvgIpc) is 3.21. The number of aliphatic hydroxyl groups excluding tert-OH is 1. The molecule has 1 heterocycles. The summed E-state index contributed by atoms with van der Waals surface area (Å²) in [4.78, 5) is 24.3. The van der Waals surface area contributed by atoms with E-state index in [-0.39, 0.29) is 55.7 Å². The predicted molar refractivity (Wildman–Crippen MR) is 110 cm³/mol. The molecule has 4 saturated carbocycles. The number of aliphatic hydroxyl groups is 3. The Bertz CT molecular complexity index is 829. The minimum atomic E-state index is -1.44. The standard InChI is InChI=1S/C23H32O7.H3N/c1-20-6-3-16-17(23(20,29)9-5-15(20)13-10-18(25)30-12-13)4-7-21(28)11-14(24)2-8-22(16,21)19(26)27;/h10,14-17,24,28-29H,2-9,11-12H2,1H3,(H,26,27);1H3/t14-,15+,16-,17+,20+,21-,22+,23-;/m0./s1. The van der Waals surface area contributed by atoms with Gasteiger partial charge in [0.05, 0.1) is 22.7 Å². The van der Waals surface area contributed by atoms with Gasteiger partial charge in [0.2, 0.25) is 0 Å². The van der Waals surface area contributed by atoms with Gasteiger partial charge in [0, 0.05) is 17.9 Å². The first kappa shape index (κ1) is 22.7. The number of esters is 1. The summed E-state index contributed by atoms with van der Waals surface area (Å²) in [6.07, 6.45) is 5.00. The number of rotatable bonds is 2. The molecule has 1 aliphatic heterocycles. The van der Waals surface area contributed by atoms with Crippen LogP contribution in [0.3, 0.4) is 0 Å². The summed E-state index contributed by atoms with van der Waals surface area (Å²) in [7, 11) is 0. The Labute approximate surface area is 182 Å². The van der Waals surface area contributed by atoms with Gasteiger partial charge in [-0.05, 0) is 74.7 Å². The molecule has 0 spiro atoms. The van der Waals surface area contributed by atoms with Crippen LogP contribution in [0, 0.1) is 28.6 Å². The Morgan fingerprint density at radius 1 is 1.06 bits per heavy atom. The van der Waals surface area contributed by atoms with E-state index >= 15 is 0 Å². The van der Waals surface area contributed by atoms with Gasteiger partial charge in [-0.15, -0.1) is 0 Å². The number of carboxylic acid groups (broad SMARTS) is 1. The molecule has 0 aromatic heterocycles. The molecule has 5 rings (SSSR count). The van der Waals surface area contributed by atoms with Crippen LogP contribution in [0.15, 0.2) is 11.6 Å². The van der Waals surface area contributed by atoms with Crippen LogP contribution in [0.4, 0.5) is 0 Å². The van der Waals surface area contributed by atoms with Crippen molar-refractivity contribution in [3.8, 4) is 0 Å². The number of carboxylic acids is 1. The molecular weight excluding hydrogens is 402 g/mol. The Balaban J connectivity index is 0.00000231. The van der Waals surface area contributed by atoms with Crippen molar-refractivity contribution in [2.75, 3.05) is 6.61 Å². The van der Waals surface area contributed by atoms with Crippen molar-refractivity contribution >= 4 is 11.9 Å². The average molecular weight is 438 g/mol. The smallest absolute Gasteiger partial charge is 0.331 e. The third-order valence-electron chi connectivity index (χ3n) is 9.94.